The number of carbonyl (C=O) groups is 3. The fraction of sp³-hybridized carbons (Fsp3) is 0.361. The van der Waals surface area contributed by atoms with Gasteiger partial charge in [0, 0.05) is 48.7 Å². The molecule has 0 radical (unpaired) electrons. The van der Waals surface area contributed by atoms with Gasteiger partial charge in [0.1, 0.15) is 23.0 Å². The van der Waals surface area contributed by atoms with Crippen LogP contribution in [0.15, 0.2) is 54.6 Å². The van der Waals surface area contributed by atoms with E-state index in [0.717, 1.165) is 58.7 Å². The van der Waals surface area contributed by atoms with E-state index >= 15 is 0 Å². The third kappa shape index (κ3) is 4.50. The average Bonchev–Trinajstić information content (AvgIpc) is 3.27. The molecule has 4 aliphatic rings. The van der Waals surface area contributed by atoms with Gasteiger partial charge in [-0.2, -0.15) is 0 Å². The standard InChI is InChI=1S/C36H36N8O4/c1-42-31-25(13-23(15-28(31)48-2)35(46)44-17-22-10-12-26(44)29(22)37)39-33(42)27-14-21-9-11-24(38-32(21)43(27)16-18-3-4-18)19-5-7-20(8-6-19)30-34(45)41-36(47)40-30/h5-9,11,13-15,18,22,26,29-30H,3-4,10,12,16-17,37H2,1-2H3,(H2,40,41,45,47)/t22-,26-,29-,30?/m1/s1. The Labute approximate surface area is 276 Å². The van der Waals surface area contributed by atoms with Gasteiger partial charge >= 0.3 is 6.03 Å². The maximum atomic E-state index is 13.8. The first-order valence-electron chi connectivity index (χ1n) is 16.6. The number of methoxy groups -OCH3 is 1. The van der Waals surface area contributed by atoms with Gasteiger partial charge in [-0.05, 0) is 73.4 Å². The Balaban J connectivity index is 1.10. The summed E-state index contributed by atoms with van der Waals surface area (Å²) >= 11 is 0. The molecular weight excluding hydrogens is 608 g/mol. The number of nitrogens with two attached hydrogens (primary N) is 1. The molecule has 2 aliphatic heterocycles. The summed E-state index contributed by atoms with van der Waals surface area (Å²) in [4.78, 5) is 49.7. The van der Waals surface area contributed by atoms with Crippen molar-refractivity contribution in [3.63, 3.8) is 0 Å². The maximum Gasteiger partial charge on any atom is 0.322 e. The van der Waals surface area contributed by atoms with E-state index in [0.29, 0.717) is 40.8 Å². The number of fused-ring (bicyclic) bond motifs is 4. The number of aryl methyl sites for hydroxylation is 1. The molecule has 2 saturated carbocycles. The SMILES string of the molecule is COc1cc(C(=O)N2C[C@H]3CC[C@@H]2[C@@H]3N)cc2nc(-c3cc4ccc(-c5ccc(C6NC(=O)NC6=O)cc5)nc4n3CC3CC3)n(C)c12. The third-order valence-corrected chi connectivity index (χ3v) is 10.7. The van der Waals surface area contributed by atoms with E-state index in [1.54, 1.807) is 7.11 Å². The molecule has 244 valence electrons. The molecule has 4 fully saturated rings. The highest BCUT2D eigenvalue weighted by molar-refractivity contribution is 6.04. The number of rotatable bonds is 7. The number of urea groups is 1. The number of hydrogen-bond donors (Lipinski definition) is 3. The normalized spacial score (nSPS) is 23.4. The number of aromatic nitrogens is 4. The van der Waals surface area contributed by atoms with Crippen LogP contribution in [0.4, 0.5) is 4.79 Å². The predicted octanol–water partition coefficient (Wildman–Crippen LogP) is 4.12. The van der Waals surface area contributed by atoms with E-state index in [4.69, 9.17) is 20.4 Å². The van der Waals surface area contributed by atoms with Gasteiger partial charge in [0.25, 0.3) is 11.8 Å². The molecule has 12 heteroatoms. The van der Waals surface area contributed by atoms with Gasteiger partial charge in [0.2, 0.25) is 0 Å². The molecule has 12 nitrogen and oxygen atoms in total. The fourth-order valence-electron chi connectivity index (χ4n) is 7.98. The Hall–Kier alpha value is -5.23. The Morgan fingerprint density at radius 3 is 2.50 bits per heavy atom. The summed E-state index contributed by atoms with van der Waals surface area (Å²) in [6.45, 7) is 1.53. The van der Waals surface area contributed by atoms with Crippen molar-refractivity contribution in [2.45, 2.75) is 50.4 Å². The number of nitrogens with zero attached hydrogens (tertiary/aromatic N) is 5. The van der Waals surface area contributed by atoms with Crippen molar-refractivity contribution in [2.24, 2.45) is 24.6 Å². The van der Waals surface area contributed by atoms with E-state index in [1.165, 1.54) is 12.8 Å². The molecule has 2 aliphatic carbocycles. The third-order valence-electron chi connectivity index (χ3n) is 10.7. The molecule has 4 amide bonds. The number of imide groups is 1. The quantitative estimate of drug-likeness (QED) is 0.226. The molecule has 3 aromatic heterocycles. The fourth-order valence-corrected chi connectivity index (χ4v) is 7.98. The molecular formula is C36H36N8O4. The molecule has 5 heterocycles. The second kappa shape index (κ2) is 10.6. The molecule has 5 aromatic rings. The van der Waals surface area contributed by atoms with Gasteiger partial charge in [-0.15, -0.1) is 0 Å². The molecule has 2 saturated heterocycles. The predicted molar refractivity (Wildman–Crippen MR) is 179 cm³/mol. The van der Waals surface area contributed by atoms with Gasteiger partial charge < -0.3 is 29.8 Å². The van der Waals surface area contributed by atoms with Crippen molar-refractivity contribution >= 4 is 39.9 Å². The number of ether oxygens (including phenoxy) is 1. The highest BCUT2D eigenvalue weighted by atomic mass is 16.5. The lowest BCUT2D eigenvalue weighted by Gasteiger charge is -2.27. The second-order valence-corrected chi connectivity index (χ2v) is 13.7. The largest absolute Gasteiger partial charge is 0.494 e. The topological polar surface area (TPSA) is 149 Å². The number of hydrogen-bond acceptors (Lipinski definition) is 7. The molecule has 4 atom stereocenters. The van der Waals surface area contributed by atoms with Crippen LogP contribution in [0.1, 0.15) is 47.6 Å². The van der Waals surface area contributed by atoms with E-state index < -0.39 is 12.1 Å². The summed E-state index contributed by atoms with van der Waals surface area (Å²) < 4.78 is 10.2. The summed E-state index contributed by atoms with van der Waals surface area (Å²) in [5.41, 5.74) is 12.8. The Kier molecular flexibility index (Phi) is 6.42. The van der Waals surface area contributed by atoms with Crippen LogP contribution in [0.5, 0.6) is 5.75 Å². The smallest absolute Gasteiger partial charge is 0.322 e. The van der Waals surface area contributed by atoms with Gasteiger partial charge in [0.15, 0.2) is 5.82 Å². The Morgan fingerprint density at radius 2 is 1.83 bits per heavy atom. The van der Waals surface area contributed by atoms with E-state index in [1.807, 2.05) is 59.0 Å². The Morgan fingerprint density at radius 1 is 1.02 bits per heavy atom. The highest BCUT2D eigenvalue weighted by Crippen LogP contribution is 2.40. The maximum absolute atomic E-state index is 13.8. The number of nitrogens with one attached hydrogen (secondary N) is 2. The van der Waals surface area contributed by atoms with Crippen molar-refractivity contribution in [1.82, 2.24) is 34.6 Å². The van der Waals surface area contributed by atoms with Crippen LogP contribution in [0.3, 0.4) is 0 Å². The van der Waals surface area contributed by atoms with Gasteiger partial charge in [0.05, 0.1) is 24.0 Å². The van der Waals surface area contributed by atoms with Crippen LogP contribution in [-0.4, -0.2) is 67.6 Å². The van der Waals surface area contributed by atoms with Crippen LogP contribution in [-0.2, 0) is 18.4 Å². The zero-order chi connectivity index (χ0) is 32.8. The van der Waals surface area contributed by atoms with Crippen molar-refractivity contribution in [3.8, 4) is 28.5 Å². The van der Waals surface area contributed by atoms with E-state index in [-0.39, 0.29) is 23.9 Å². The van der Waals surface area contributed by atoms with E-state index in [2.05, 4.69) is 27.3 Å². The number of pyridine rings is 1. The molecule has 9 rings (SSSR count). The monoisotopic (exact) mass is 644 g/mol. The van der Waals surface area contributed by atoms with Gasteiger partial charge in [-0.3, -0.25) is 14.9 Å². The lowest BCUT2D eigenvalue weighted by molar-refractivity contribution is -0.120. The van der Waals surface area contributed by atoms with Crippen LogP contribution >= 0.6 is 0 Å². The number of imidazole rings is 1. The summed E-state index contributed by atoms with van der Waals surface area (Å²) in [5.74, 6) is 1.95. The average molecular weight is 645 g/mol. The van der Waals surface area contributed by atoms with Crippen molar-refractivity contribution in [3.05, 3.63) is 65.7 Å². The molecule has 1 unspecified atom stereocenters. The van der Waals surface area contributed by atoms with Crippen molar-refractivity contribution < 1.29 is 19.1 Å². The van der Waals surface area contributed by atoms with Crippen LogP contribution in [0.25, 0.3) is 44.8 Å². The second-order valence-electron chi connectivity index (χ2n) is 13.7. The minimum absolute atomic E-state index is 0.0195. The first-order chi connectivity index (χ1) is 23.3. The van der Waals surface area contributed by atoms with E-state index in [9.17, 15) is 14.4 Å². The summed E-state index contributed by atoms with van der Waals surface area (Å²) in [7, 11) is 3.61. The molecule has 2 aromatic carbocycles. The minimum Gasteiger partial charge on any atom is -0.494 e. The number of piperidine rings is 1. The zero-order valence-corrected chi connectivity index (χ0v) is 26.8. The number of likely N-dealkylation sites (tertiary alicyclic amines) is 1. The van der Waals surface area contributed by atoms with Crippen LogP contribution < -0.4 is 21.1 Å². The number of benzene rings is 2. The van der Waals surface area contributed by atoms with Crippen LogP contribution in [0.2, 0.25) is 0 Å². The number of amides is 4. The summed E-state index contributed by atoms with van der Waals surface area (Å²) in [5, 5.41) is 5.93. The lowest BCUT2D eigenvalue weighted by atomic mass is 10.0. The summed E-state index contributed by atoms with van der Waals surface area (Å²) in [6.07, 6.45) is 4.39. The first-order valence-corrected chi connectivity index (χ1v) is 16.6. The van der Waals surface area contributed by atoms with Gasteiger partial charge in [-0.25, -0.2) is 14.8 Å². The molecule has 48 heavy (non-hydrogen) atoms. The highest BCUT2D eigenvalue weighted by Gasteiger charge is 2.47. The summed E-state index contributed by atoms with van der Waals surface area (Å²) in [6, 6.07) is 16.4. The van der Waals surface area contributed by atoms with Gasteiger partial charge in [-0.1, -0.05) is 24.3 Å². The lowest BCUT2D eigenvalue weighted by Crippen LogP contribution is -2.41. The zero-order valence-electron chi connectivity index (χ0n) is 26.8. The molecule has 0 spiro atoms. The number of carbonyl (C=O) groups excluding carboxylic acids is 3. The molecule has 4 N–H and O–H groups in total. The minimum atomic E-state index is -0.699. The Bertz CT molecular complexity index is 2160. The first kappa shape index (κ1) is 29.0. The van der Waals surface area contributed by atoms with Crippen LogP contribution in [0, 0.1) is 11.8 Å². The van der Waals surface area contributed by atoms with Crippen molar-refractivity contribution in [1.29, 1.82) is 0 Å². The molecule has 2 bridgehead atoms. The van der Waals surface area contributed by atoms with Crippen molar-refractivity contribution in [2.75, 3.05) is 13.7 Å².